The van der Waals surface area contributed by atoms with Crippen molar-refractivity contribution in [1.82, 2.24) is 25.4 Å². The van der Waals surface area contributed by atoms with Crippen molar-refractivity contribution in [2.24, 2.45) is 16.8 Å². The minimum atomic E-state index is 0. The number of nitrogens with zero attached hydrogens (tertiary/aromatic N) is 4. The van der Waals surface area contributed by atoms with Crippen LogP contribution in [0.25, 0.3) is 0 Å². The summed E-state index contributed by atoms with van der Waals surface area (Å²) in [7, 11) is 0. The van der Waals surface area contributed by atoms with Gasteiger partial charge in [-0.1, -0.05) is 34.6 Å². The highest BCUT2D eigenvalue weighted by Gasteiger charge is 2.09. The lowest BCUT2D eigenvalue weighted by molar-refractivity contribution is 0.478. The smallest absolute Gasteiger partial charge is 0.191 e. The van der Waals surface area contributed by atoms with E-state index in [-0.39, 0.29) is 24.0 Å². The number of aryl methyl sites for hydroxylation is 1. The number of hydrogen-bond donors (Lipinski definition) is 2. The van der Waals surface area contributed by atoms with Crippen LogP contribution in [0.1, 0.15) is 47.4 Å². The third-order valence-corrected chi connectivity index (χ3v) is 3.64. The van der Waals surface area contributed by atoms with Crippen LogP contribution in [0.5, 0.6) is 0 Å². The second-order valence-corrected chi connectivity index (χ2v) is 6.48. The zero-order chi connectivity index (χ0) is 16.5. The third-order valence-electron chi connectivity index (χ3n) is 3.64. The summed E-state index contributed by atoms with van der Waals surface area (Å²) in [4.78, 5) is 4.66. The first-order chi connectivity index (χ1) is 10.4. The molecule has 1 atom stereocenters. The van der Waals surface area contributed by atoms with Gasteiger partial charge in [-0.25, -0.2) is 0 Å². The van der Waals surface area contributed by atoms with Crippen LogP contribution in [-0.4, -0.2) is 39.9 Å². The number of nitrogens with one attached hydrogen (secondary N) is 2. The number of halogens is 1. The topological polar surface area (TPSA) is 67.1 Å². The molecule has 0 aliphatic carbocycles. The number of aromatic nitrogens is 3. The maximum absolute atomic E-state index is 4.66. The summed E-state index contributed by atoms with van der Waals surface area (Å²) in [5, 5.41) is 15.0. The van der Waals surface area contributed by atoms with Gasteiger partial charge in [-0.3, -0.25) is 4.99 Å². The van der Waals surface area contributed by atoms with E-state index in [0.29, 0.717) is 17.9 Å². The molecule has 23 heavy (non-hydrogen) atoms. The number of guanidine groups is 1. The maximum Gasteiger partial charge on any atom is 0.191 e. The molecular formula is C16H33IN6. The van der Waals surface area contributed by atoms with Crippen LogP contribution in [0.15, 0.2) is 11.3 Å². The van der Waals surface area contributed by atoms with E-state index in [0.717, 1.165) is 37.8 Å². The van der Waals surface area contributed by atoms with Crippen molar-refractivity contribution in [3.8, 4) is 0 Å². The summed E-state index contributed by atoms with van der Waals surface area (Å²) in [6.07, 6.45) is 2.69. The predicted molar refractivity (Wildman–Crippen MR) is 107 cm³/mol. The molecule has 0 bridgehead atoms. The molecule has 0 spiro atoms. The molecule has 2 N–H and O–H groups in total. The van der Waals surface area contributed by atoms with E-state index in [4.69, 9.17) is 0 Å². The second kappa shape index (κ2) is 11.6. The van der Waals surface area contributed by atoms with Crippen molar-refractivity contribution in [2.45, 2.75) is 60.5 Å². The third kappa shape index (κ3) is 8.53. The van der Waals surface area contributed by atoms with E-state index in [2.05, 4.69) is 71.9 Å². The molecule has 0 saturated carbocycles. The molecule has 1 aromatic heterocycles. The van der Waals surface area contributed by atoms with E-state index in [9.17, 15) is 0 Å². The van der Waals surface area contributed by atoms with Gasteiger partial charge in [-0.2, -0.15) is 0 Å². The highest BCUT2D eigenvalue weighted by atomic mass is 127. The molecule has 0 fully saturated rings. The van der Waals surface area contributed by atoms with Gasteiger partial charge in [0, 0.05) is 32.1 Å². The number of hydrogen-bond acceptors (Lipinski definition) is 3. The summed E-state index contributed by atoms with van der Waals surface area (Å²) >= 11 is 0. The van der Waals surface area contributed by atoms with Gasteiger partial charge >= 0.3 is 0 Å². The Morgan fingerprint density at radius 1 is 1.26 bits per heavy atom. The first kappa shape index (κ1) is 22.1. The van der Waals surface area contributed by atoms with Crippen molar-refractivity contribution < 1.29 is 0 Å². The zero-order valence-electron chi connectivity index (χ0n) is 15.3. The molecule has 1 heterocycles. The molecule has 0 aliphatic rings. The Bertz CT molecular complexity index is 455. The lowest BCUT2D eigenvalue weighted by Crippen LogP contribution is -2.45. The average Bonchev–Trinajstić information content (AvgIpc) is 2.91. The molecule has 0 saturated heterocycles. The van der Waals surface area contributed by atoms with Crippen LogP contribution in [0.3, 0.4) is 0 Å². The van der Waals surface area contributed by atoms with E-state index < -0.39 is 0 Å². The van der Waals surface area contributed by atoms with Crippen molar-refractivity contribution in [3.05, 3.63) is 12.2 Å². The Balaban J connectivity index is 0.00000484. The molecule has 7 heteroatoms. The fourth-order valence-electron chi connectivity index (χ4n) is 1.84. The molecule has 0 radical (unpaired) electrons. The zero-order valence-corrected chi connectivity index (χ0v) is 17.7. The van der Waals surface area contributed by atoms with Gasteiger partial charge in [-0.05, 0) is 18.8 Å². The van der Waals surface area contributed by atoms with Crippen LogP contribution in [-0.2, 0) is 13.0 Å². The fourth-order valence-corrected chi connectivity index (χ4v) is 1.84. The second-order valence-electron chi connectivity index (χ2n) is 6.48. The Labute approximate surface area is 158 Å². The fraction of sp³-hybridized carbons (Fsp3) is 0.812. The van der Waals surface area contributed by atoms with Crippen LogP contribution in [0.4, 0.5) is 0 Å². The number of aliphatic imine (C=N–C) groups is 1. The average molecular weight is 436 g/mol. The van der Waals surface area contributed by atoms with Gasteiger partial charge < -0.3 is 15.2 Å². The minimum absolute atomic E-state index is 0. The van der Waals surface area contributed by atoms with Crippen LogP contribution in [0.2, 0.25) is 0 Å². The summed E-state index contributed by atoms with van der Waals surface area (Å²) in [6.45, 7) is 15.5. The maximum atomic E-state index is 4.66. The molecule has 1 aromatic rings. The standard InChI is InChI=1S/C16H32N6.HI/c1-7-15-21-19-11-22(15)9-8-17-16(18-10-12(2)3)20-14(6)13(4)5;/h11-14H,7-10H2,1-6H3,(H2,17,18,20);1H. The van der Waals surface area contributed by atoms with Crippen LogP contribution in [0, 0.1) is 11.8 Å². The van der Waals surface area contributed by atoms with E-state index in [1.165, 1.54) is 0 Å². The van der Waals surface area contributed by atoms with Gasteiger partial charge in [0.05, 0.1) is 0 Å². The monoisotopic (exact) mass is 436 g/mol. The van der Waals surface area contributed by atoms with E-state index >= 15 is 0 Å². The Morgan fingerprint density at radius 3 is 2.52 bits per heavy atom. The van der Waals surface area contributed by atoms with Gasteiger partial charge in [-0.15, -0.1) is 34.2 Å². The quantitative estimate of drug-likeness (QED) is 0.374. The van der Waals surface area contributed by atoms with Crippen molar-refractivity contribution in [1.29, 1.82) is 0 Å². The molecule has 134 valence electrons. The number of rotatable bonds is 8. The molecule has 0 aromatic carbocycles. The Kier molecular flexibility index (Phi) is 11.2. The first-order valence-corrected chi connectivity index (χ1v) is 8.35. The summed E-state index contributed by atoms with van der Waals surface area (Å²) in [6, 6.07) is 0.388. The first-order valence-electron chi connectivity index (χ1n) is 8.35. The largest absolute Gasteiger partial charge is 0.355 e. The SMILES string of the molecule is CCc1nncn1CCNC(=NCC(C)C)NC(C)C(C)C.I. The van der Waals surface area contributed by atoms with Crippen LogP contribution < -0.4 is 10.6 Å². The lowest BCUT2D eigenvalue weighted by atomic mass is 10.1. The molecule has 1 unspecified atom stereocenters. The highest BCUT2D eigenvalue weighted by molar-refractivity contribution is 14.0. The highest BCUT2D eigenvalue weighted by Crippen LogP contribution is 2.00. The molecule has 0 aliphatic heterocycles. The van der Waals surface area contributed by atoms with E-state index in [1.807, 2.05) is 0 Å². The van der Waals surface area contributed by atoms with Gasteiger partial charge in [0.25, 0.3) is 0 Å². The van der Waals surface area contributed by atoms with Crippen molar-refractivity contribution in [3.63, 3.8) is 0 Å². The van der Waals surface area contributed by atoms with Crippen molar-refractivity contribution in [2.75, 3.05) is 13.1 Å². The summed E-state index contributed by atoms with van der Waals surface area (Å²) < 4.78 is 2.08. The molecular weight excluding hydrogens is 403 g/mol. The minimum Gasteiger partial charge on any atom is -0.355 e. The summed E-state index contributed by atoms with van der Waals surface area (Å²) in [5.74, 6) is 3.03. The molecule has 0 amide bonds. The van der Waals surface area contributed by atoms with Crippen LogP contribution >= 0.6 is 24.0 Å². The molecule has 6 nitrogen and oxygen atoms in total. The van der Waals surface area contributed by atoms with Gasteiger partial charge in [0.2, 0.25) is 0 Å². The lowest BCUT2D eigenvalue weighted by Gasteiger charge is -2.21. The Hall–Kier alpha value is -0.860. The molecule has 1 rings (SSSR count). The van der Waals surface area contributed by atoms with E-state index in [1.54, 1.807) is 6.33 Å². The predicted octanol–water partition coefficient (Wildman–Crippen LogP) is 2.69. The normalized spacial score (nSPS) is 13.1. The van der Waals surface area contributed by atoms with Crippen molar-refractivity contribution >= 4 is 29.9 Å². The van der Waals surface area contributed by atoms with Gasteiger partial charge in [0.1, 0.15) is 12.2 Å². The Morgan fingerprint density at radius 2 is 1.96 bits per heavy atom. The van der Waals surface area contributed by atoms with Gasteiger partial charge in [0.15, 0.2) is 5.96 Å². The summed E-state index contributed by atoms with van der Waals surface area (Å²) in [5.41, 5.74) is 0.